The molecular formula is C66H70F4N4O12. The highest BCUT2D eigenvalue weighted by molar-refractivity contribution is 6.30. The van der Waals surface area contributed by atoms with E-state index in [1.807, 2.05) is 0 Å². The Morgan fingerprint density at radius 2 is 0.791 bits per heavy atom. The normalized spacial score (nSPS) is 14.7. The number of ketones is 2. The zero-order chi connectivity index (χ0) is 61.3. The molecule has 6 aromatic carbocycles. The summed E-state index contributed by atoms with van der Waals surface area (Å²) in [6.07, 6.45) is 3.60. The largest absolute Gasteiger partial charge is 0.493 e. The van der Waals surface area contributed by atoms with Crippen LogP contribution in [0, 0.1) is 35.1 Å². The van der Waals surface area contributed by atoms with Crippen molar-refractivity contribution in [2.24, 2.45) is 11.8 Å². The first kappa shape index (κ1) is 63.4. The van der Waals surface area contributed by atoms with Crippen molar-refractivity contribution in [2.45, 2.75) is 64.5 Å². The summed E-state index contributed by atoms with van der Waals surface area (Å²) in [5.41, 5.74) is 2.60. The lowest BCUT2D eigenvalue weighted by Crippen LogP contribution is -2.45. The molecule has 2 atom stereocenters. The molecule has 2 unspecified atom stereocenters. The molecule has 0 saturated carbocycles. The lowest BCUT2D eigenvalue weighted by Gasteiger charge is -2.41. The number of carbonyl (C=O) groups is 6. The second kappa shape index (κ2) is 30.5. The number of likely N-dealkylation sites (tertiary alicyclic amines) is 2. The first-order valence-electron chi connectivity index (χ1n) is 28.6. The Hall–Kier alpha value is -8.62. The highest BCUT2D eigenvalue weighted by atomic mass is 19.1. The molecule has 0 aromatic heterocycles. The van der Waals surface area contributed by atoms with Crippen molar-refractivity contribution in [2.75, 3.05) is 89.7 Å². The predicted octanol–water partition coefficient (Wildman–Crippen LogP) is 11.0. The number of carbonyl (C=O) groups excluding carboxylic acids is 6. The van der Waals surface area contributed by atoms with Crippen molar-refractivity contribution < 1.29 is 74.8 Å². The Morgan fingerprint density at radius 3 is 1.10 bits per heavy atom. The number of hydrogen-bond donors (Lipinski definition) is 0. The average molecular weight is 1190 g/mol. The third-order valence-electron chi connectivity index (χ3n) is 15.6. The number of rotatable bonds is 26. The van der Waals surface area contributed by atoms with Crippen molar-refractivity contribution >= 4 is 46.7 Å². The van der Waals surface area contributed by atoms with Gasteiger partial charge in [0.05, 0.1) is 39.5 Å². The second-order valence-electron chi connectivity index (χ2n) is 21.2. The highest BCUT2D eigenvalue weighted by Crippen LogP contribution is 2.41. The van der Waals surface area contributed by atoms with Gasteiger partial charge in [-0.3, -0.25) is 19.2 Å². The molecule has 454 valence electrons. The number of esters is 2. The van der Waals surface area contributed by atoms with Crippen LogP contribution in [0.4, 0.5) is 28.9 Å². The Labute approximate surface area is 497 Å². The summed E-state index contributed by atoms with van der Waals surface area (Å²) in [6.45, 7) is 5.53. The van der Waals surface area contributed by atoms with Crippen LogP contribution in [0.5, 0.6) is 23.0 Å². The van der Waals surface area contributed by atoms with E-state index in [0.29, 0.717) is 136 Å². The number of ether oxygens (including phenoxy) is 6. The maximum absolute atomic E-state index is 14.6. The summed E-state index contributed by atoms with van der Waals surface area (Å²) in [7, 11) is 3.01. The minimum absolute atomic E-state index is 0.0958. The molecule has 2 aliphatic rings. The van der Waals surface area contributed by atoms with E-state index in [2.05, 4.69) is 9.80 Å². The number of hydrogen-bond acceptors (Lipinski definition) is 14. The maximum Gasteiger partial charge on any atom is 0.418 e. The third kappa shape index (κ3) is 16.8. The smallest absolute Gasteiger partial charge is 0.418 e. The molecule has 8 rings (SSSR count). The molecule has 6 aromatic rings. The molecular weight excluding hydrogens is 1120 g/mol. The Morgan fingerprint density at radius 1 is 0.465 bits per heavy atom. The molecule has 2 amide bonds. The van der Waals surface area contributed by atoms with Crippen molar-refractivity contribution in [1.82, 2.24) is 9.80 Å². The lowest BCUT2D eigenvalue weighted by molar-refractivity contribution is -0.169. The lowest BCUT2D eigenvalue weighted by atomic mass is 9.83. The Balaban J connectivity index is 0.913. The standard InChI is InChI=1S/C66H70F4N4O12/c1-43(75)49-11-25-57(59(39-49)81-3)83-37-5-31-71-33-27-47(28-34-71)63(45-7-13-51(67)14-8-45)73(55-21-17-53(69)18-22-55)61(77)41-85-65(79)66(80)86-42-62(78)74(56-23-19-54(70)20-24-56)64(46-9-15-52(68)16-10-46)48-29-35-72(36-30-48)32-6-38-84-58-26-12-50(44(2)76)40-60(58)82-4/h7-26,39-40,47-48,63-64H,5-6,27-38,41-42H2,1-4H3. The molecule has 2 saturated heterocycles. The average Bonchev–Trinajstić information content (AvgIpc) is 3.69. The van der Waals surface area contributed by atoms with Gasteiger partial charge >= 0.3 is 11.9 Å². The van der Waals surface area contributed by atoms with E-state index in [4.69, 9.17) is 28.4 Å². The fourth-order valence-electron chi connectivity index (χ4n) is 11.2. The van der Waals surface area contributed by atoms with Gasteiger partial charge in [0.25, 0.3) is 11.8 Å². The van der Waals surface area contributed by atoms with Crippen LogP contribution in [0.2, 0.25) is 0 Å². The Kier molecular flexibility index (Phi) is 22.5. The van der Waals surface area contributed by atoms with Gasteiger partial charge in [0.1, 0.15) is 23.3 Å². The molecule has 2 heterocycles. The summed E-state index contributed by atoms with van der Waals surface area (Å²) in [4.78, 5) is 87.1. The SMILES string of the molecule is COc1cc(C(C)=O)ccc1OCCCN1CCC(C(c2ccc(F)cc2)N(C(=O)COC(=O)C(=O)OCC(=O)N(c2ccc(F)cc2)C(c2ccc(F)cc2)C2CCN(CCCOc3ccc(C(C)=O)cc3OC)CC2)c2ccc(F)cc2)CC1. The molecule has 2 fully saturated rings. The second-order valence-corrected chi connectivity index (χ2v) is 21.2. The molecule has 0 aliphatic carbocycles. The molecule has 2 aliphatic heterocycles. The number of Topliss-reactive ketones (excluding diaryl/α,β-unsaturated/α-hetero) is 2. The van der Waals surface area contributed by atoms with Crippen molar-refractivity contribution in [1.29, 1.82) is 0 Å². The van der Waals surface area contributed by atoms with Gasteiger partial charge in [-0.1, -0.05) is 24.3 Å². The van der Waals surface area contributed by atoms with Crippen molar-refractivity contribution in [3.63, 3.8) is 0 Å². The molecule has 20 heteroatoms. The topological polar surface area (TPSA) is 171 Å². The van der Waals surface area contributed by atoms with Gasteiger partial charge in [0.2, 0.25) is 0 Å². The van der Waals surface area contributed by atoms with Crippen LogP contribution in [0.1, 0.15) is 96.3 Å². The van der Waals surface area contributed by atoms with Gasteiger partial charge in [-0.15, -0.1) is 0 Å². The van der Waals surface area contributed by atoms with Gasteiger partial charge in [-0.05, 0) is 211 Å². The van der Waals surface area contributed by atoms with E-state index in [-0.39, 0.29) is 34.8 Å². The fraction of sp³-hybridized carbons (Fsp3) is 0.364. The van der Waals surface area contributed by atoms with E-state index in [0.717, 1.165) is 0 Å². The van der Waals surface area contributed by atoms with E-state index < -0.39 is 72.3 Å². The maximum atomic E-state index is 14.6. The van der Waals surface area contributed by atoms with Crippen LogP contribution in [-0.4, -0.2) is 125 Å². The number of benzene rings is 6. The fourth-order valence-corrected chi connectivity index (χ4v) is 11.2. The van der Waals surface area contributed by atoms with Gasteiger partial charge in [-0.25, -0.2) is 27.2 Å². The Bertz CT molecular complexity index is 3060. The van der Waals surface area contributed by atoms with E-state index >= 15 is 0 Å². The number of piperidine rings is 2. The molecule has 0 bridgehead atoms. The number of anilines is 2. The third-order valence-corrected chi connectivity index (χ3v) is 15.6. The van der Waals surface area contributed by atoms with Crippen LogP contribution in [0.25, 0.3) is 0 Å². The van der Waals surface area contributed by atoms with Gasteiger partial charge < -0.3 is 48.0 Å². The first-order valence-corrected chi connectivity index (χ1v) is 28.6. The van der Waals surface area contributed by atoms with Crippen LogP contribution < -0.4 is 28.7 Å². The monoisotopic (exact) mass is 1190 g/mol. The van der Waals surface area contributed by atoms with Gasteiger partial charge in [0.15, 0.2) is 47.8 Å². The summed E-state index contributed by atoms with van der Waals surface area (Å²) in [6, 6.07) is 30.1. The molecule has 0 spiro atoms. The van der Waals surface area contributed by atoms with Crippen LogP contribution in [0.15, 0.2) is 133 Å². The minimum atomic E-state index is -1.58. The van der Waals surface area contributed by atoms with Crippen LogP contribution >= 0.6 is 0 Å². The van der Waals surface area contributed by atoms with Crippen molar-refractivity contribution in [3.05, 3.63) is 179 Å². The van der Waals surface area contributed by atoms with E-state index in [9.17, 15) is 46.3 Å². The molecule has 16 nitrogen and oxygen atoms in total. The highest BCUT2D eigenvalue weighted by Gasteiger charge is 2.39. The zero-order valence-corrected chi connectivity index (χ0v) is 48.5. The van der Waals surface area contributed by atoms with E-state index in [1.54, 1.807) is 60.7 Å². The van der Waals surface area contributed by atoms with Gasteiger partial charge in [0, 0.05) is 35.6 Å². The molecule has 0 radical (unpaired) electrons. The summed E-state index contributed by atoms with van der Waals surface area (Å²) < 4.78 is 91.4. The quantitative estimate of drug-likeness (QED) is 0.0165. The summed E-state index contributed by atoms with van der Waals surface area (Å²) in [5, 5.41) is 0. The number of halogens is 4. The number of methoxy groups -OCH3 is 2. The van der Waals surface area contributed by atoms with Crippen LogP contribution in [-0.2, 0) is 28.7 Å². The molecule has 86 heavy (non-hydrogen) atoms. The summed E-state index contributed by atoms with van der Waals surface area (Å²) >= 11 is 0. The van der Waals surface area contributed by atoms with E-state index in [1.165, 1.54) is 111 Å². The van der Waals surface area contributed by atoms with Gasteiger partial charge in [-0.2, -0.15) is 0 Å². The number of nitrogens with zero attached hydrogens (tertiary/aromatic N) is 4. The van der Waals surface area contributed by atoms with Crippen LogP contribution in [0.3, 0.4) is 0 Å². The minimum Gasteiger partial charge on any atom is -0.493 e. The molecule has 0 N–H and O–H groups in total. The van der Waals surface area contributed by atoms with Crippen molar-refractivity contribution in [3.8, 4) is 23.0 Å². The first-order chi connectivity index (χ1) is 41.5. The predicted molar refractivity (Wildman–Crippen MR) is 313 cm³/mol. The zero-order valence-electron chi connectivity index (χ0n) is 48.5. The number of amides is 2. The summed E-state index contributed by atoms with van der Waals surface area (Å²) in [5.74, 6) is -5.68.